The highest BCUT2D eigenvalue weighted by Gasteiger charge is 2.19. The van der Waals surface area contributed by atoms with E-state index < -0.39 is 5.91 Å². The van der Waals surface area contributed by atoms with Crippen LogP contribution in [0.2, 0.25) is 0 Å². The smallest absolute Gasteiger partial charge is 0.250 e. The molecule has 1 aliphatic heterocycles. The number of ether oxygens (including phenoxy) is 3. The van der Waals surface area contributed by atoms with Crippen molar-refractivity contribution in [3.8, 4) is 28.5 Å². The average Bonchev–Trinajstić information content (AvgIpc) is 3.08. The van der Waals surface area contributed by atoms with Crippen LogP contribution >= 0.6 is 0 Å². The van der Waals surface area contributed by atoms with Gasteiger partial charge in [-0.2, -0.15) is 0 Å². The molecular formula is C23H24N2O4. The highest BCUT2D eigenvalue weighted by molar-refractivity contribution is 5.95. The summed E-state index contributed by atoms with van der Waals surface area (Å²) in [5.41, 5.74) is 10.0. The molecule has 1 aromatic heterocycles. The lowest BCUT2D eigenvalue weighted by Crippen LogP contribution is -2.15. The van der Waals surface area contributed by atoms with Crippen molar-refractivity contribution in [2.45, 2.75) is 19.9 Å². The zero-order valence-corrected chi connectivity index (χ0v) is 16.6. The van der Waals surface area contributed by atoms with Crippen LogP contribution in [0.4, 0.5) is 0 Å². The number of carbonyl (C=O) groups is 1. The molecule has 2 N–H and O–H groups in total. The maximum atomic E-state index is 12.0. The van der Waals surface area contributed by atoms with Crippen LogP contribution < -0.4 is 19.9 Å². The molecule has 3 aromatic rings. The van der Waals surface area contributed by atoms with Crippen molar-refractivity contribution in [2.75, 3.05) is 20.3 Å². The van der Waals surface area contributed by atoms with E-state index in [2.05, 4.69) is 10.6 Å². The molecule has 29 heavy (non-hydrogen) atoms. The Kier molecular flexibility index (Phi) is 5.16. The molecule has 0 unspecified atom stereocenters. The lowest BCUT2D eigenvalue weighted by atomic mass is 10.1. The molecule has 0 saturated heterocycles. The van der Waals surface area contributed by atoms with Gasteiger partial charge in [0.25, 0.3) is 5.91 Å². The SMILES string of the molecule is COc1cccc(CCn2c(-c3ccc4c(c3)OCCO4)cc(C(N)=O)c2C)c1. The Morgan fingerprint density at radius 1 is 1.10 bits per heavy atom. The Bertz CT molecular complexity index is 1060. The number of fused-ring (bicyclic) bond motifs is 1. The molecule has 0 spiro atoms. The van der Waals surface area contributed by atoms with Crippen molar-refractivity contribution in [3.63, 3.8) is 0 Å². The molecule has 0 bridgehead atoms. The summed E-state index contributed by atoms with van der Waals surface area (Å²) in [7, 11) is 1.66. The zero-order valence-electron chi connectivity index (χ0n) is 16.6. The van der Waals surface area contributed by atoms with E-state index in [1.807, 2.05) is 49.4 Å². The normalized spacial score (nSPS) is 12.6. The van der Waals surface area contributed by atoms with Crippen molar-refractivity contribution in [1.29, 1.82) is 0 Å². The first-order valence-corrected chi connectivity index (χ1v) is 9.59. The van der Waals surface area contributed by atoms with Gasteiger partial charge in [0, 0.05) is 23.5 Å². The Hall–Kier alpha value is -3.41. The molecule has 4 rings (SSSR count). The lowest BCUT2D eigenvalue weighted by molar-refractivity contribution is 0.0999. The van der Waals surface area contributed by atoms with Crippen LogP contribution in [0.3, 0.4) is 0 Å². The average molecular weight is 392 g/mol. The van der Waals surface area contributed by atoms with Crippen LogP contribution in [0, 0.1) is 6.92 Å². The third kappa shape index (κ3) is 3.78. The second kappa shape index (κ2) is 7.91. The Morgan fingerprint density at radius 2 is 1.90 bits per heavy atom. The number of hydrogen-bond acceptors (Lipinski definition) is 4. The number of rotatable bonds is 6. The molecule has 6 nitrogen and oxygen atoms in total. The van der Waals surface area contributed by atoms with Crippen LogP contribution in [0.1, 0.15) is 21.6 Å². The van der Waals surface area contributed by atoms with Gasteiger partial charge in [-0.3, -0.25) is 4.79 Å². The first kappa shape index (κ1) is 18.9. The Labute approximate surface area is 169 Å². The predicted octanol–water partition coefficient (Wildman–Crippen LogP) is 3.58. The molecule has 0 atom stereocenters. The van der Waals surface area contributed by atoms with Gasteiger partial charge >= 0.3 is 0 Å². The standard InChI is InChI=1S/C23H24N2O4/c1-15-19(23(24)26)14-20(17-6-7-21-22(13-17)29-11-10-28-21)25(15)9-8-16-4-3-5-18(12-16)27-2/h3-7,12-14H,8-11H2,1-2H3,(H2,24,26). The fourth-order valence-electron chi connectivity index (χ4n) is 3.69. The summed E-state index contributed by atoms with van der Waals surface area (Å²) in [6.45, 7) is 3.70. The second-order valence-electron chi connectivity index (χ2n) is 7.00. The molecule has 6 heteroatoms. The van der Waals surface area contributed by atoms with Crippen molar-refractivity contribution in [1.82, 2.24) is 4.57 Å². The quantitative estimate of drug-likeness (QED) is 0.696. The number of nitrogens with two attached hydrogens (primary N) is 1. The third-order valence-electron chi connectivity index (χ3n) is 5.23. The molecule has 2 aromatic carbocycles. The molecule has 0 fully saturated rings. The van der Waals surface area contributed by atoms with Gasteiger partial charge in [-0.05, 0) is 55.3 Å². The number of nitrogens with zero attached hydrogens (tertiary/aromatic N) is 1. The van der Waals surface area contributed by atoms with Gasteiger partial charge in [-0.15, -0.1) is 0 Å². The van der Waals surface area contributed by atoms with Crippen molar-refractivity contribution < 1.29 is 19.0 Å². The Morgan fingerprint density at radius 3 is 2.66 bits per heavy atom. The summed E-state index contributed by atoms with van der Waals surface area (Å²) in [6.07, 6.45) is 0.794. The van der Waals surface area contributed by atoms with Gasteiger partial charge in [0.05, 0.1) is 12.7 Å². The number of amides is 1. The largest absolute Gasteiger partial charge is 0.497 e. The van der Waals surface area contributed by atoms with Crippen molar-refractivity contribution in [3.05, 3.63) is 65.4 Å². The van der Waals surface area contributed by atoms with E-state index >= 15 is 0 Å². The minimum atomic E-state index is -0.429. The highest BCUT2D eigenvalue weighted by Crippen LogP contribution is 2.36. The third-order valence-corrected chi connectivity index (χ3v) is 5.23. The van der Waals surface area contributed by atoms with Crippen LogP contribution in [-0.2, 0) is 13.0 Å². The molecular weight excluding hydrogens is 368 g/mol. The first-order chi connectivity index (χ1) is 14.1. The maximum absolute atomic E-state index is 12.0. The lowest BCUT2D eigenvalue weighted by Gasteiger charge is -2.19. The summed E-state index contributed by atoms with van der Waals surface area (Å²) in [5.74, 6) is 1.85. The molecule has 1 aliphatic rings. The van der Waals surface area contributed by atoms with Crippen LogP contribution in [0.15, 0.2) is 48.5 Å². The maximum Gasteiger partial charge on any atom is 0.250 e. The molecule has 150 valence electrons. The number of benzene rings is 2. The summed E-state index contributed by atoms with van der Waals surface area (Å²) in [5, 5.41) is 0. The van der Waals surface area contributed by atoms with E-state index in [0.29, 0.717) is 31.1 Å². The number of aryl methyl sites for hydroxylation is 1. The van der Waals surface area contributed by atoms with E-state index in [0.717, 1.165) is 40.4 Å². The van der Waals surface area contributed by atoms with Gasteiger partial charge in [0.1, 0.15) is 19.0 Å². The van der Waals surface area contributed by atoms with Crippen LogP contribution in [0.25, 0.3) is 11.3 Å². The number of carbonyl (C=O) groups excluding carboxylic acids is 1. The number of methoxy groups -OCH3 is 1. The van der Waals surface area contributed by atoms with E-state index in [4.69, 9.17) is 19.9 Å². The topological polar surface area (TPSA) is 75.7 Å². The van der Waals surface area contributed by atoms with E-state index in [1.54, 1.807) is 7.11 Å². The van der Waals surface area contributed by atoms with Gasteiger partial charge in [0.15, 0.2) is 11.5 Å². The number of aromatic nitrogens is 1. The van der Waals surface area contributed by atoms with Crippen molar-refractivity contribution >= 4 is 5.91 Å². The Balaban J connectivity index is 1.70. The van der Waals surface area contributed by atoms with Gasteiger partial charge in [0.2, 0.25) is 0 Å². The van der Waals surface area contributed by atoms with Gasteiger partial charge in [-0.25, -0.2) is 0 Å². The van der Waals surface area contributed by atoms with E-state index in [-0.39, 0.29) is 0 Å². The fourth-order valence-corrected chi connectivity index (χ4v) is 3.69. The first-order valence-electron chi connectivity index (χ1n) is 9.59. The van der Waals surface area contributed by atoms with E-state index in [9.17, 15) is 4.79 Å². The molecule has 0 radical (unpaired) electrons. The molecule has 0 aliphatic carbocycles. The summed E-state index contributed by atoms with van der Waals surface area (Å²) in [6, 6.07) is 15.7. The zero-order chi connectivity index (χ0) is 20.4. The second-order valence-corrected chi connectivity index (χ2v) is 7.00. The minimum Gasteiger partial charge on any atom is -0.497 e. The monoisotopic (exact) mass is 392 g/mol. The molecule has 2 heterocycles. The molecule has 0 saturated carbocycles. The van der Waals surface area contributed by atoms with Crippen molar-refractivity contribution in [2.24, 2.45) is 5.73 Å². The highest BCUT2D eigenvalue weighted by atomic mass is 16.6. The number of hydrogen-bond donors (Lipinski definition) is 1. The minimum absolute atomic E-state index is 0.429. The number of primary amides is 1. The summed E-state index contributed by atoms with van der Waals surface area (Å²) in [4.78, 5) is 12.0. The van der Waals surface area contributed by atoms with Gasteiger partial charge in [-0.1, -0.05) is 12.1 Å². The van der Waals surface area contributed by atoms with Crippen LogP contribution in [0.5, 0.6) is 17.2 Å². The summed E-state index contributed by atoms with van der Waals surface area (Å²) >= 11 is 0. The molecule has 1 amide bonds. The summed E-state index contributed by atoms with van der Waals surface area (Å²) < 4.78 is 18.8. The van der Waals surface area contributed by atoms with Crippen LogP contribution in [-0.4, -0.2) is 30.8 Å². The van der Waals surface area contributed by atoms with Gasteiger partial charge < -0.3 is 24.5 Å². The predicted molar refractivity (Wildman–Crippen MR) is 111 cm³/mol. The fraction of sp³-hybridized carbons (Fsp3) is 0.261. The van der Waals surface area contributed by atoms with E-state index in [1.165, 1.54) is 0 Å².